The predicted molar refractivity (Wildman–Crippen MR) is 74.0 cm³/mol. The van der Waals surface area contributed by atoms with Crippen LogP contribution in [0.5, 0.6) is 0 Å². The molecule has 1 aliphatic carbocycles. The number of hydrogen-bond acceptors (Lipinski definition) is 3. The van der Waals surface area contributed by atoms with Crippen LogP contribution in [-0.2, 0) is 0 Å². The molecule has 0 saturated heterocycles. The molecule has 0 atom stereocenters. The lowest BCUT2D eigenvalue weighted by Crippen LogP contribution is -2.06. The maximum atomic E-state index is 13.8. The van der Waals surface area contributed by atoms with E-state index >= 15 is 0 Å². The summed E-state index contributed by atoms with van der Waals surface area (Å²) in [6.07, 6.45) is 6.50. The van der Waals surface area contributed by atoms with Crippen molar-refractivity contribution < 1.29 is 4.39 Å². The van der Waals surface area contributed by atoms with Gasteiger partial charge in [-0.05, 0) is 6.07 Å². The van der Waals surface area contributed by atoms with E-state index in [-0.39, 0.29) is 5.82 Å². The normalized spacial score (nSPS) is 17.8. The van der Waals surface area contributed by atoms with Gasteiger partial charge in [0.1, 0.15) is 5.82 Å². The number of allylic oxidation sites excluding steroid dienone is 4. The molecule has 1 aromatic rings. The highest BCUT2D eigenvalue weighted by atomic mass is 32.2. The average Bonchev–Trinajstić information content (AvgIpc) is 2.50. The van der Waals surface area contributed by atoms with Gasteiger partial charge >= 0.3 is 0 Å². The Labute approximate surface area is 108 Å². The maximum absolute atomic E-state index is 13.8. The summed E-state index contributed by atoms with van der Waals surface area (Å²) in [7, 11) is 0. The van der Waals surface area contributed by atoms with E-state index in [1.807, 2.05) is 18.2 Å². The number of benzene rings is 1. The Morgan fingerprint density at radius 2 is 2.24 bits per heavy atom. The first-order chi connectivity index (χ1) is 8.27. The van der Waals surface area contributed by atoms with E-state index < -0.39 is 0 Å². The van der Waals surface area contributed by atoms with E-state index in [4.69, 9.17) is 12.2 Å². The molecule has 3 rings (SSSR count). The van der Waals surface area contributed by atoms with Gasteiger partial charge < -0.3 is 0 Å². The minimum Gasteiger partial charge on any atom is -0.219 e. The van der Waals surface area contributed by atoms with E-state index in [9.17, 15) is 4.39 Å². The van der Waals surface area contributed by atoms with Crippen LogP contribution in [0.25, 0.3) is 5.57 Å². The highest BCUT2D eigenvalue weighted by Gasteiger charge is 2.21. The number of fused-ring (bicyclic) bond motifs is 2. The zero-order valence-corrected chi connectivity index (χ0v) is 10.4. The van der Waals surface area contributed by atoms with Gasteiger partial charge in [0, 0.05) is 46.2 Å². The third-order valence-electron chi connectivity index (χ3n) is 2.74. The van der Waals surface area contributed by atoms with Gasteiger partial charge in [-0.25, -0.2) is 8.79 Å². The summed E-state index contributed by atoms with van der Waals surface area (Å²) in [5.41, 5.74) is 2.78. The van der Waals surface area contributed by atoms with Crippen molar-refractivity contribution in [1.82, 2.24) is 0 Å². The molecule has 0 unspecified atom stereocenters. The van der Waals surface area contributed by atoms with Crippen LogP contribution in [0.15, 0.2) is 45.2 Å². The van der Waals surface area contributed by atoms with Crippen molar-refractivity contribution in [2.75, 3.05) is 0 Å². The molecule has 0 aromatic heterocycles. The fraction of sp³-hybridized carbons (Fsp3) is 0.0769. The van der Waals surface area contributed by atoms with Crippen LogP contribution in [0.1, 0.15) is 12.0 Å². The van der Waals surface area contributed by atoms with Crippen molar-refractivity contribution in [3.05, 3.63) is 47.3 Å². The lowest BCUT2D eigenvalue weighted by molar-refractivity contribution is 0.601. The molecular formula is C13H8FNS2. The Hall–Kier alpha value is -1.26. The SMILES string of the molecule is Fc1cccc2c1SN=CC1=C2C(=S)CC=C1. The molecule has 1 aromatic carbocycles. The standard InChI is InChI=1S/C13H8FNS2/c14-10-5-2-4-9-12-8(3-1-6-11(12)16)7-15-17-13(9)10/h1-5,7H,6H2. The molecule has 0 fully saturated rings. The van der Waals surface area contributed by atoms with Crippen molar-refractivity contribution >= 4 is 40.8 Å². The van der Waals surface area contributed by atoms with E-state index in [0.29, 0.717) is 4.90 Å². The molecule has 0 saturated carbocycles. The van der Waals surface area contributed by atoms with Crippen LogP contribution in [-0.4, -0.2) is 11.1 Å². The van der Waals surface area contributed by atoms with Crippen molar-refractivity contribution in [2.24, 2.45) is 4.40 Å². The summed E-state index contributed by atoms with van der Waals surface area (Å²) in [6, 6.07) is 5.07. The second kappa shape index (κ2) is 4.20. The third-order valence-corrected chi connectivity index (χ3v) is 3.92. The van der Waals surface area contributed by atoms with Crippen molar-refractivity contribution in [3.8, 4) is 0 Å². The van der Waals surface area contributed by atoms with Crippen molar-refractivity contribution in [3.63, 3.8) is 0 Å². The van der Waals surface area contributed by atoms with Crippen LogP contribution in [0.2, 0.25) is 0 Å². The minimum absolute atomic E-state index is 0.240. The number of hydrogen-bond donors (Lipinski definition) is 0. The fourth-order valence-corrected chi connectivity index (χ4v) is 3.01. The van der Waals surface area contributed by atoms with E-state index in [1.54, 1.807) is 12.3 Å². The van der Waals surface area contributed by atoms with Crippen LogP contribution in [0.4, 0.5) is 4.39 Å². The third kappa shape index (κ3) is 1.77. The van der Waals surface area contributed by atoms with Crippen LogP contribution < -0.4 is 0 Å². The first-order valence-corrected chi connectivity index (χ1v) is 6.39. The molecule has 0 radical (unpaired) electrons. The van der Waals surface area contributed by atoms with Crippen LogP contribution >= 0.6 is 24.2 Å². The summed E-state index contributed by atoms with van der Waals surface area (Å²) < 4.78 is 17.9. The molecule has 0 bridgehead atoms. The number of nitrogens with zero attached hydrogens (tertiary/aromatic N) is 1. The Morgan fingerprint density at radius 1 is 1.35 bits per heavy atom. The highest BCUT2D eigenvalue weighted by molar-refractivity contribution is 7.98. The van der Waals surface area contributed by atoms with Gasteiger partial charge in [-0.15, -0.1) is 0 Å². The monoisotopic (exact) mass is 261 g/mol. The lowest BCUT2D eigenvalue weighted by atomic mass is 9.92. The molecule has 1 nitrogen and oxygen atoms in total. The average molecular weight is 261 g/mol. The molecular weight excluding hydrogens is 253 g/mol. The molecule has 0 amide bonds. The largest absolute Gasteiger partial charge is 0.219 e. The molecule has 1 heterocycles. The number of halogens is 1. The fourth-order valence-electron chi connectivity index (χ4n) is 1.99. The van der Waals surface area contributed by atoms with Gasteiger partial charge in [0.15, 0.2) is 0 Å². The van der Waals surface area contributed by atoms with Gasteiger partial charge in [-0.2, -0.15) is 0 Å². The smallest absolute Gasteiger partial charge is 0.139 e. The minimum atomic E-state index is -0.240. The number of rotatable bonds is 0. The Kier molecular flexibility index (Phi) is 2.68. The number of thiocarbonyl (C=S) groups is 1. The molecule has 0 spiro atoms. The summed E-state index contributed by atoms with van der Waals surface area (Å²) >= 11 is 6.54. The van der Waals surface area contributed by atoms with Gasteiger partial charge in [0.05, 0.1) is 4.90 Å². The molecule has 2 aliphatic rings. The first-order valence-electron chi connectivity index (χ1n) is 5.20. The Morgan fingerprint density at radius 3 is 3.12 bits per heavy atom. The van der Waals surface area contributed by atoms with Crippen molar-refractivity contribution in [2.45, 2.75) is 11.3 Å². The van der Waals surface area contributed by atoms with Crippen LogP contribution in [0.3, 0.4) is 0 Å². The molecule has 17 heavy (non-hydrogen) atoms. The predicted octanol–water partition coefficient (Wildman–Crippen LogP) is 4.00. The summed E-state index contributed by atoms with van der Waals surface area (Å²) in [6.45, 7) is 0. The second-order valence-corrected chi connectivity index (χ2v) is 5.10. The zero-order valence-electron chi connectivity index (χ0n) is 8.81. The first kappa shape index (κ1) is 10.9. The lowest BCUT2D eigenvalue weighted by Gasteiger charge is -2.15. The summed E-state index contributed by atoms with van der Waals surface area (Å²) in [5.74, 6) is -0.240. The molecule has 84 valence electrons. The van der Waals surface area contributed by atoms with Crippen molar-refractivity contribution in [1.29, 1.82) is 0 Å². The summed E-state index contributed by atoms with van der Waals surface area (Å²) in [4.78, 5) is 1.41. The van der Waals surface area contributed by atoms with E-state index in [1.165, 1.54) is 6.07 Å². The summed E-state index contributed by atoms with van der Waals surface area (Å²) in [5, 5.41) is 0. The van der Waals surface area contributed by atoms with Gasteiger partial charge in [0.2, 0.25) is 0 Å². The molecule has 1 aliphatic heterocycles. The maximum Gasteiger partial charge on any atom is 0.139 e. The second-order valence-electron chi connectivity index (χ2n) is 3.80. The van der Waals surface area contributed by atoms with Gasteiger partial charge in [-0.1, -0.05) is 36.5 Å². The molecule has 0 N–H and O–H groups in total. The Balaban J connectivity index is 2.32. The topological polar surface area (TPSA) is 12.4 Å². The zero-order chi connectivity index (χ0) is 11.8. The molecule has 4 heteroatoms. The van der Waals surface area contributed by atoms with Gasteiger partial charge in [0.25, 0.3) is 0 Å². The Bertz CT molecular complexity index is 599. The van der Waals surface area contributed by atoms with Gasteiger partial charge in [-0.3, -0.25) is 0 Å². The quantitative estimate of drug-likeness (QED) is 0.517. The van der Waals surface area contributed by atoms with E-state index in [0.717, 1.165) is 39.9 Å². The highest BCUT2D eigenvalue weighted by Crippen LogP contribution is 2.37. The van der Waals surface area contributed by atoms with Crippen LogP contribution in [0, 0.1) is 5.82 Å². The van der Waals surface area contributed by atoms with E-state index in [2.05, 4.69) is 4.40 Å².